The molecule has 0 bridgehead atoms. The summed E-state index contributed by atoms with van der Waals surface area (Å²) in [7, 11) is 0. The van der Waals surface area contributed by atoms with Gasteiger partial charge in [0.15, 0.2) is 5.84 Å². The third kappa shape index (κ3) is 7.14. The number of amides is 1. The molecule has 0 heterocycles. The Morgan fingerprint density at radius 1 is 1.33 bits per heavy atom. The first kappa shape index (κ1) is 16.7. The maximum absolute atomic E-state index is 11.8. The van der Waals surface area contributed by atoms with Crippen molar-refractivity contribution in [3.63, 3.8) is 0 Å². The summed E-state index contributed by atoms with van der Waals surface area (Å²) in [5.41, 5.74) is 5.51. The summed E-state index contributed by atoms with van der Waals surface area (Å²) in [5, 5.41) is 14.4. The van der Waals surface area contributed by atoms with E-state index in [0.29, 0.717) is 18.9 Å². The van der Waals surface area contributed by atoms with Crippen molar-refractivity contribution in [3.8, 4) is 0 Å². The smallest absolute Gasteiger partial charge is 0.230 e. The van der Waals surface area contributed by atoms with Gasteiger partial charge >= 0.3 is 0 Å². The summed E-state index contributed by atoms with van der Waals surface area (Å²) < 4.78 is 0. The van der Waals surface area contributed by atoms with Gasteiger partial charge in [0.1, 0.15) is 0 Å². The van der Waals surface area contributed by atoms with E-state index in [2.05, 4.69) is 24.3 Å². The Bertz CT molecular complexity index is 265. The van der Waals surface area contributed by atoms with Gasteiger partial charge in [-0.15, -0.1) is 0 Å². The van der Waals surface area contributed by atoms with Gasteiger partial charge in [-0.25, -0.2) is 0 Å². The fourth-order valence-electron chi connectivity index (χ4n) is 1.78. The van der Waals surface area contributed by atoms with Crippen LogP contribution in [0.3, 0.4) is 0 Å². The zero-order chi connectivity index (χ0) is 14.0. The van der Waals surface area contributed by atoms with Gasteiger partial charge in [0.2, 0.25) is 5.91 Å². The molecule has 0 spiro atoms. The minimum atomic E-state index is -0.509. The van der Waals surface area contributed by atoms with Crippen molar-refractivity contribution in [2.45, 2.75) is 52.9 Å². The predicted molar refractivity (Wildman–Crippen MR) is 73.5 cm³/mol. The van der Waals surface area contributed by atoms with Crippen molar-refractivity contribution in [2.24, 2.45) is 22.7 Å². The van der Waals surface area contributed by atoms with Crippen LogP contribution in [0.2, 0.25) is 0 Å². The Hall–Kier alpha value is -1.26. The van der Waals surface area contributed by atoms with Crippen molar-refractivity contribution >= 4 is 11.7 Å². The Morgan fingerprint density at radius 2 is 2.00 bits per heavy atom. The lowest BCUT2D eigenvalue weighted by Gasteiger charge is -2.14. The van der Waals surface area contributed by atoms with Crippen LogP contribution in [-0.4, -0.2) is 23.5 Å². The lowest BCUT2D eigenvalue weighted by atomic mass is 10.0. The maximum atomic E-state index is 11.8. The van der Waals surface area contributed by atoms with Gasteiger partial charge in [0.25, 0.3) is 0 Å². The summed E-state index contributed by atoms with van der Waals surface area (Å²) in [6.45, 7) is 7.00. The third-order valence-corrected chi connectivity index (χ3v) is 2.87. The molecule has 0 saturated carbocycles. The van der Waals surface area contributed by atoms with E-state index in [0.717, 1.165) is 19.3 Å². The number of hydrogen-bond acceptors (Lipinski definition) is 3. The molecule has 0 fully saturated rings. The minimum Gasteiger partial charge on any atom is -0.409 e. The fraction of sp³-hybridized carbons (Fsp3) is 0.846. The number of amidine groups is 1. The van der Waals surface area contributed by atoms with E-state index in [1.165, 1.54) is 6.42 Å². The largest absolute Gasteiger partial charge is 0.409 e. The Morgan fingerprint density at radius 3 is 2.50 bits per heavy atom. The van der Waals surface area contributed by atoms with Crippen molar-refractivity contribution < 1.29 is 10.0 Å². The number of carbonyl (C=O) groups is 1. The van der Waals surface area contributed by atoms with Crippen LogP contribution in [-0.2, 0) is 4.79 Å². The molecule has 1 atom stereocenters. The highest BCUT2D eigenvalue weighted by molar-refractivity contribution is 6.01. The molecular formula is C13H27N3O2. The van der Waals surface area contributed by atoms with Gasteiger partial charge in [0, 0.05) is 6.54 Å². The minimum absolute atomic E-state index is 0.00321. The molecule has 0 aliphatic heterocycles. The molecule has 1 amide bonds. The van der Waals surface area contributed by atoms with Gasteiger partial charge < -0.3 is 16.3 Å². The molecule has 18 heavy (non-hydrogen) atoms. The zero-order valence-corrected chi connectivity index (χ0v) is 11.8. The van der Waals surface area contributed by atoms with E-state index in [-0.39, 0.29) is 11.7 Å². The highest BCUT2D eigenvalue weighted by atomic mass is 16.4. The second kappa shape index (κ2) is 9.74. The molecule has 0 radical (unpaired) electrons. The Labute approximate surface area is 110 Å². The standard InChI is InChI=1S/C13H27N3O2/c1-4-7-11(12(14)16-18)13(17)15-9-6-5-8-10(2)3/h10-11,18H,4-9H2,1-3H3,(H2,14,16)(H,15,17). The average Bonchev–Trinajstić information content (AvgIpc) is 2.34. The number of unbranched alkanes of at least 4 members (excludes halogenated alkanes) is 1. The first-order chi connectivity index (χ1) is 8.52. The number of nitrogens with one attached hydrogen (secondary N) is 1. The van der Waals surface area contributed by atoms with E-state index in [1.807, 2.05) is 6.92 Å². The first-order valence-corrected chi connectivity index (χ1v) is 6.78. The van der Waals surface area contributed by atoms with Crippen molar-refractivity contribution in [2.75, 3.05) is 6.54 Å². The third-order valence-electron chi connectivity index (χ3n) is 2.87. The van der Waals surface area contributed by atoms with Gasteiger partial charge in [0.05, 0.1) is 5.92 Å². The fourth-order valence-corrected chi connectivity index (χ4v) is 1.78. The second-order valence-electron chi connectivity index (χ2n) is 5.05. The van der Waals surface area contributed by atoms with E-state index in [9.17, 15) is 4.79 Å². The molecule has 0 aliphatic rings. The Balaban J connectivity index is 3.96. The number of nitrogens with zero attached hydrogens (tertiary/aromatic N) is 1. The first-order valence-electron chi connectivity index (χ1n) is 6.78. The summed E-state index contributed by atoms with van der Waals surface area (Å²) in [5.74, 6) is 0.0454. The molecule has 0 aliphatic carbocycles. The molecule has 0 rings (SSSR count). The normalized spacial score (nSPS) is 13.7. The lowest BCUT2D eigenvalue weighted by molar-refractivity contribution is -0.123. The van der Waals surface area contributed by atoms with Crippen LogP contribution in [0.4, 0.5) is 0 Å². The molecule has 0 aromatic carbocycles. The second-order valence-corrected chi connectivity index (χ2v) is 5.05. The number of nitrogens with two attached hydrogens (primary N) is 1. The van der Waals surface area contributed by atoms with Gasteiger partial charge in [-0.3, -0.25) is 4.79 Å². The number of oxime groups is 1. The molecule has 1 unspecified atom stereocenters. The maximum Gasteiger partial charge on any atom is 0.230 e. The molecule has 5 nitrogen and oxygen atoms in total. The average molecular weight is 257 g/mol. The van der Waals surface area contributed by atoms with E-state index in [1.54, 1.807) is 0 Å². The van der Waals surface area contributed by atoms with Crippen LogP contribution in [0, 0.1) is 11.8 Å². The van der Waals surface area contributed by atoms with Gasteiger partial charge in [-0.1, -0.05) is 45.2 Å². The number of rotatable bonds is 9. The Kier molecular flexibility index (Phi) is 9.06. The van der Waals surface area contributed by atoms with Crippen molar-refractivity contribution in [3.05, 3.63) is 0 Å². The van der Waals surface area contributed by atoms with E-state index >= 15 is 0 Å². The SMILES string of the molecule is CCCC(C(=O)NCCCCC(C)C)C(N)=NO. The summed E-state index contributed by atoms with van der Waals surface area (Å²) in [4.78, 5) is 11.8. The van der Waals surface area contributed by atoms with Crippen LogP contribution in [0.25, 0.3) is 0 Å². The predicted octanol–water partition coefficient (Wildman–Crippen LogP) is 2.09. The zero-order valence-electron chi connectivity index (χ0n) is 11.8. The van der Waals surface area contributed by atoms with Crippen LogP contribution >= 0.6 is 0 Å². The van der Waals surface area contributed by atoms with Crippen molar-refractivity contribution in [1.82, 2.24) is 5.32 Å². The summed E-state index contributed by atoms with van der Waals surface area (Å²) in [6.07, 6.45) is 4.68. The molecule has 0 aromatic heterocycles. The van der Waals surface area contributed by atoms with E-state index in [4.69, 9.17) is 10.9 Å². The monoisotopic (exact) mass is 257 g/mol. The van der Waals surface area contributed by atoms with Crippen LogP contribution in [0.1, 0.15) is 52.9 Å². The number of carbonyl (C=O) groups excluding carboxylic acids is 1. The highest BCUT2D eigenvalue weighted by Gasteiger charge is 2.21. The van der Waals surface area contributed by atoms with Gasteiger partial charge in [-0.2, -0.15) is 0 Å². The van der Waals surface area contributed by atoms with Crippen LogP contribution in [0.5, 0.6) is 0 Å². The summed E-state index contributed by atoms with van der Waals surface area (Å²) in [6, 6.07) is 0. The number of hydrogen-bond donors (Lipinski definition) is 3. The van der Waals surface area contributed by atoms with Crippen molar-refractivity contribution in [1.29, 1.82) is 0 Å². The quantitative estimate of drug-likeness (QED) is 0.194. The van der Waals surface area contributed by atoms with Gasteiger partial charge in [-0.05, 0) is 18.8 Å². The molecule has 0 saturated heterocycles. The molecule has 0 aromatic rings. The summed E-state index contributed by atoms with van der Waals surface area (Å²) >= 11 is 0. The van der Waals surface area contributed by atoms with Crippen LogP contribution < -0.4 is 11.1 Å². The molecular weight excluding hydrogens is 230 g/mol. The molecule has 4 N–H and O–H groups in total. The topological polar surface area (TPSA) is 87.7 Å². The molecule has 5 heteroatoms. The molecule has 106 valence electrons. The highest BCUT2D eigenvalue weighted by Crippen LogP contribution is 2.08. The van der Waals surface area contributed by atoms with E-state index < -0.39 is 5.92 Å². The lowest BCUT2D eigenvalue weighted by Crippen LogP contribution is -2.39. The van der Waals surface area contributed by atoms with Crippen LogP contribution in [0.15, 0.2) is 5.16 Å².